The van der Waals surface area contributed by atoms with Crippen LogP contribution in [0.25, 0.3) is 0 Å². The molecule has 1 aliphatic rings. The van der Waals surface area contributed by atoms with Gasteiger partial charge >= 0.3 is 0 Å². The van der Waals surface area contributed by atoms with E-state index in [2.05, 4.69) is 15.3 Å². The minimum absolute atomic E-state index is 0.0274. The van der Waals surface area contributed by atoms with Crippen molar-refractivity contribution in [2.45, 2.75) is 23.5 Å². The van der Waals surface area contributed by atoms with Crippen molar-refractivity contribution in [3.8, 4) is 0 Å². The Morgan fingerprint density at radius 1 is 1.23 bits per heavy atom. The van der Waals surface area contributed by atoms with Crippen molar-refractivity contribution in [1.82, 2.24) is 20.2 Å². The summed E-state index contributed by atoms with van der Waals surface area (Å²) in [5.74, 6) is -0.0372. The molecule has 26 heavy (non-hydrogen) atoms. The molecule has 2 N–H and O–H groups in total. The maximum Gasteiger partial charge on any atom is 0.270 e. The van der Waals surface area contributed by atoms with Crippen LogP contribution in [0.1, 0.15) is 16.9 Å². The van der Waals surface area contributed by atoms with Crippen LogP contribution in [0.5, 0.6) is 0 Å². The van der Waals surface area contributed by atoms with Gasteiger partial charge in [0.05, 0.1) is 17.9 Å². The van der Waals surface area contributed by atoms with Crippen molar-refractivity contribution in [2.75, 3.05) is 18.8 Å². The largest absolute Gasteiger partial charge is 0.389 e. The molecule has 0 radical (unpaired) electrons. The Morgan fingerprint density at radius 3 is 2.73 bits per heavy atom. The molecule has 2 aromatic heterocycles. The summed E-state index contributed by atoms with van der Waals surface area (Å²) in [5.41, 5.74) is 0.312. The first-order valence-electron chi connectivity index (χ1n) is 8.34. The molecule has 2 aromatic rings. The van der Waals surface area contributed by atoms with Crippen LogP contribution in [0.2, 0.25) is 0 Å². The highest BCUT2D eigenvalue weighted by molar-refractivity contribution is 8.00. The molecule has 0 saturated carbocycles. The molecule has 1 fully saturated rings. The van der Waals surface area contributed by atoms with Crippen LogP contribution in [0.3, 0.4) is 0 Å². The molecule has 2 atom stereocenters. The van der Waals surface area contributed by atoms with Crippen molar-refractivity contribution in [3.05, 3.63) is 54.6 Å². The van der Waals surface area contributed by atoms with E-state index in [1.54, 1.807) is 41.7 Å². The maximum absolute atomic E-state index is 12.3. The summed E-state index contributed by atoms with van der Waals surface area (Å²) in [5, 5.41) is 13.1. The first-order chi connectivity index (χ1) is 12.6. The minimum Gasteiger partial charge on any atom is -0.389 e. The number of carbonyl (C=O) groups excluding carboxylic acids is 2. The van der Waals surface area contributed by atoms with Crippen LogP contribution < -0.4 is 5.32 Å². The summed E-state index contributed by atoms with van der Waals surface area (Å²) in [6.45, 7) is 0.711. The summed E-state index contributed by atoms with van der Waals surface area (Å²) in [6.07, 6.45) is 4.63. The highest BCUT2D eigenvalue weighted by Crippen LogP contribution is 2.19. The van der Waals surface area contributed by atoms with Gasteiger partial charge < -0.3 is 15.3 Å². The number of rotatable bonds is 5. The number of likely N-dealkylation sites (tertiary alicyclic amines) is 1. The Labute approximate surface area is 155 Å². The average molecular weight is 372 g/mol. The van der Waals surface area contributed by atoms with Crippen LogP contribution in [0.15, 0.2) is 53.8 Å². The molecule has 0 aromatic carbocycles. The Balaban J connectivity index is 1.48. The first-order valence-corrected chi connectivity index (χ1v) is 9.32. The normalized spacial score (nSPS) is 19.8. The zero-order valence-corrected chi connectivity index (χ0v) is 14.9. The van der Waals surface area contributed by atoms with Crippen LogP contribution >= 0.6 is 11.8 Å². The average Bonchev–Trinajstić information content (AvgIpc) is 2.69. The summed E-state index contributed by atoms with van der Waals surface area (Å²) in [6, 6.07) is 8.41. The van der Waals surface area contributed by atoms with Crippen molar-refractivity contribution < 1.29 is 14.7 Å². The Bertz CT molecular complexity index is 745. The maximum atomic E-state index is 12.3. The zero-order chi connectivity index (χ0) is 18.4. The third-order valence-corrected chi connectivity index (χ3v) is 5.16. The van der Waals surface area contributed by atoms with Gasteiger partial charge in [-0.05, 0) is 30.7 Å². The van der Waals surface area contributed by atoms with Gasteiger partial charge in [0.2, 0.25) is 5.91 Å². The topological polar surface area (TPSA) is 95.4 Å². The fourth-order valence-corrected chi connectivity index (χ4v) is 3.52. The van der Waals surface area contributed by atoms with E-state index >= 15 is 0 Å². The molecule has 0 bridgehead atoms. The summed E-state index contributed by atoms with van der Waals surface area (Å²) < 4.78 is 0. The first kappa shape index (κ1) is 18.3. The van der Waals surface area contributed by atoms with Gasteiger partial charge in [-0.25, -0.2) is 0 Å². The number of carbonyl (C=O) groups is 2. The molecule has 3 heterocycles. The van der Waals surface area contributed by atoms with Crippen molar-refractivity contribution in [3.63, 3.8) is 0 Å². The number of nitrogens with one attached hydrogen (secondary N) is 1. The van der Waals surface area contributed by atoms with E-state index in [1.165, 1.54) is 11.8 Å². The van der Waals surface area contributed by atoms with Crippen LogP contribution in [-0.4, -0.2) is 62.8 Å². The van der Waals surface area contributed by atoms with E-state index in [-0.39, 0.29) is 24.4 Å². The lowest BCUT2D eigenvalue weighted by molar-refractivity contribution is -0.131. The highest BCUT2D eigenvalue weighted by Gasteiger charge is 2.31. The second-order valence-electron chi connectivity index (χ2n) is 5.96. The van der Waals surface area contributed by atoms with Crippen LogP contribution in [0, 0.1) is 0 Å². The molecule has 1 saturated heterocycles. The van der Waals surface area contributed by atoms with Gasteiger partial charge in [-0.3, -0.25) is 19.6 Å². The fourth-order valence-electron chi connectivity index (χ4n) is 2.74. The minimum atomic E-state index is -0.800. The van der Waals surface area contributed by atoms with Crippen molar-refractivity contribution >= 4 is 23.6 Å². The highest BCUT2D eigenvalue weighted by atomic mass is 32.2. The van der Waals surface area contributed by atoms with E-state index in [0.29, 0.717) is 24.4 Å². The van der Waals surface area contributed by atoms with Gasteiger partial charge in [-0.2, -0.15) is 0 Å². The molecule has 0 spiro atoms. The molecule has 8 heteroatoms. The van der Waals surface area contributed by atoms with Gasteiger partial charge in [0.1, 0.15) is 5.69 Å². The lowest BCUT2D eigenvalue weighted by Crippen LogP contribution is -2.55. The van der Waals surface area contributed by atoms with E-state index < -0.39 is 6.10 Å². The van der Waals surface area contributed by atoms with Gasteiger partial charge in [0.15, 0.2) is 0 Å². The number of thioether (sulfide) groups is 1. The summed E-state index contributed by atoms with van der Waals surface area (Å²) in [4.78, 5) is 35.1. The van der Waals surface area contributed by atoms with Crippen molar-refractivity contribution in [1.29, 1.82) is 0 Å². The number of hydrogen-bond donors (Lipinski definition) is 2. The Morgan fingerprint density at radius 2 is 2.04 bits per heavy atom. The number of nitrogens with zero attached hydrogens (tertiary/aromatic N) is 3. The fraction of sp³-hybridized carbons (Fsp3) is 0.333. The Kier molecular flexibility index (Phi) is 6.19. The number of hydrogen-bond acceptors (Lipinski definition) is 6. The number of pyridine rings is 2. The molecule has 7 nitrogen and oxygen atoms in total. The predicted octanol–water partition coefficient (Wildman–Crippen LogP) is 0.960. The lowest BCUT2D eigenvalue weighted by Gasteiger charge is -2.36. The number of aliphatic hydroxyl groups excluding tert-OH is 1. The van der Waals surface area contributed by atoms with Gasteiger partial charge in [-0.15, -0.1) is 11.8 Å². The van der Waals surface area contributed by atoms with E-state index in [0.717, 1.165) is 4.90 Å². The van der Waals surface area contributed by atoms with E-state index in [4.69, 9.17) is 0 Å². The summed E-state index contributed by atoms with van der Waals surface area (Å²) in [7, 11) is 0. The third kappa shape index (κ3) is 4.80. The van der Waals surface area contributed by atoms with E-state index in [9.17, 15) is 14.7 Å². The lowest BCUT2D eigenvalue weighted by atomic mass is 10.0. The van der Waals surface area contributed by atoms with Gasteiger partial charge in [0.25, 0.3) is 5.91 Å². The van der Waals surface area contributed by atoms with Crippen molar-refractivity contribution in [2.24, 2.45) is 0 Å². The van der Waals surface area contributed by atoms with Crippen LogP contribution in [-0.2, 0) is 4.79 Å². The molecule has 136 valence electrons. The predicted molar refractivity (Wildman–Crippen MR) is 97.7 cm³/mol. The molecule has 2 amide bonds. The molecular formula is C18H20N4O3S. The number of aromatic nitrogens is 2. The van der Waals surface area contributed by atoms with E-state index in [1.807, 2.05) is 12.1 Å². The number of aliphatic hydroxyl groups is 1. The SMILES string of the molecule is O=C(N[C@@H]1CCN(C(=O)CSc2ccncc2)C[C@H]1O)c1ccccn1. The molecule has 0 unspecified atom stereocenters. The molecule has 1 aliphatic heterocycles. The van der Waals surface area contributed by atoms with Crippen LogP contribution in [0.4, 0.5) is 0 Å². The second kappa shape index (κ2) is 8.77. The molecule has 3 rings (SSSR count). The summed E-state index contributed by atoms with van der Waals surface area (Å²) >= 11 is 1.44. The van der Waals surface area contributed by atoms with Gasteiger partial charge in [-0.1, -0.05) is 6.07 Å². The molecular weight excluding hydrogens is 352 g/mol. The quantitative estimate of drug-likeness (QED) is 0.759. The zero-order valence-electron chi connectivity index (χ0n) is 14.1. The second-order valence-corrected chi connectivity index (χ2v) is 7.01. The van der Waals surface area contributed by atoms with Gasteiger partial charge in [0, 0.05) is 36.6 Å². The Hall–Kier alpha value is -2.45. The third-order valence-electron chi connectivity index (χ3n) is 4.16. The number of piperidine rings is 1. The number of amides is 2. The molecule has 0 aliphatic carbocycles. The monoisotopic (exact) mass is 372 g/mol. The number of β-amino-alcohol motifs (C(OH)–C–C–N with tert-alkyl or cyclic N) is 1. The standard InChI is InChI=1S/C18H20N4O3S/c23-16-11-22(17(24)12-26-13-4-8-19-9-5-13)10-6-14(16)21-18(25)15-3-1-2-7-20-15/h1-5,7-9,14,16,23H,6,10-12H2,(H,21,25)/t14-,16-/m1/s1. The smallest absolute Gasteiger partial charge is 0.270 e.